The van der Waals surface area contributed by atoms with Gasteiger partial charge in [-0.05, 0) is 24.3 Å². The first kappa shape index (κ1) is 16.7. The summed E-state index contributed by atoms with van der Waals surface area (Å²) in [5.74, 6) is -0.0377. The second-order valence-corrected chi connectivity index (χ2v) is 6.82. The number of hydrogen-bond donors (Lipinski definition) is 1. The van der Waals surface area contributed by atoms with E-state index in [1.165, 1.54) is 0 Å². The van der Waals surface area contributed by atoms with Crippen molar-refractivity contribution < 1.29 is 4.79 Å². The van der Waals surface area contributed by atoms with Crippen LogP contribution in [0.4, 0.5) is 0 Å². The van der Waals surface area contributed by atoms with Crippen LogP contribution in [0.3, 0.4) is 0 Å². The molecule has 0 atom stereocenters. The monoisotopic (exact) mass is 403 g/mol. The van der Waals surface area contributed by atoms with E-state index in [-0.39, 0.29) is 17.9 Å². The maximum Gasteiger partial charge on any atom is 0.202 e. The van der Waals surface area contributed by atoms with Crippen molar-refractivity contribution in [2.75, 3.05) is 0 Å². The van der Waals surface area contributed by atoms with Crippen LogP contribution in [0.2, 0.25) is 5.02 Å². The SMILES string of the molecule is Cn1c(-c2cccc(Cl)c2)cn(CC(=O)c2ccc(Br)cc2)c1=N. The van der Waals surface area contributed by atoms with Crippen LogP contribution in [0, 0.1) is 5.41 Å². The number of carbonyl (C=O) groups excluding carboxylic acids is 1. The first-order valence-corrected chi connectivity index (χ1v) is 8.48. The summed E-state index contributed by atoms with van der Waals surface area (Å²) in [6, 6.07) is 14.7. The summed E-state index contributed by atoms with van der Waals surface area (Å²) in [4.78, 5) is 12.4. The number of halogens is 2. The van der Waals surface area contributed by atoms with Crippen LogP contribution < -0.4 is 5.62 Å². The lowest BCUT2D eigenvalue weighted by atomic mass is 10.1. The van der Waals surface area contributed by atoms with Gasteiger partial charge < -0.3 is 9.13 Å². The van der Waals surface area contributed by atoms with E-state index in [2.05, 4.69) is 15.9 Å². The molecule has 0 fully saturated rings. The highest BCUT2D eigenvalue weighted by atomic mass is 79.9. The standard InChI is InChI=1S/C18H15BrClN3O/c1-22-16(13-3-2-4-15(20)9-13)10-23(18(22)21)11-17(24)12-5-7-14(19)8-6-12/h2-10,21H,11H2,1H3. The number of ketones is 1. The Kier molecular flexibility index (Phi) is 4.73. The summed E-state index contributed by atoms with van der Waals surface area (Å²) in [5, 5.41) is 8.88. The Balaban J connectivity index is 1.92. The minimum atomic E-state index is -0.0377. The fourth-order valence-corrected chi connectivity index (χ4v) is 2.98. The van der Waals surface area contributed by atoms with Crippen LogP contribution in [-0.2, 0) is 13.6 Å². The highest BCUT2D eigenvalue weighted by Crippen LogP contribution is 2.21. The van der Waals surface area contributed by atoms with Crippen molar-refractivity contribution in [1.82, 2.24) is 9.13 Å². The van der Waals surface area contributed by atoms with Crippen LogP contribution in [0.1, 0.15) is 10.4 Å². The van der Waals surface area contributed by atoms with Gasteiger partial charge in [-0.1, -0.05) is 51.8 Å². The molecule has 122 valence electrons. The molecule has 24 heavy (non-hydrogen) atoms. The molecule has 0 unspecified atom stereocenters. The molecule has 3 aromatic rings. The molecule has 0 saturated carbocycles. The van der Waals surface area contributed by atoms with Crippen LogP contribution in [0.25, 0.3) is 11.3 Å². The van der Waals surface area contributed by atoms with E-state index in [0.29, 0.717) is 10.6 Å². The number of nitrogens with zero attached hydrogens (tertiary/aromatic N) is 2. The number of hydrogen-bond acceptors (Lipinski definition) is 2. The Bertz CT molecular complexity index is 957. The van der Waals surface area contributed by atoms with Gasteiger partial charge in [0.15, 0.2) is 5.78 Å². The first-order chi connectivity index (χ1) is 11.5. The number of carbonyl (C=O) groups is 1. The van der Waals surface area contributed by atoms with Gasteiger partial charge in [0.25, 0.3) is 0 Å². The summed E-state index contributed by atoms with van der Waals surface area (Å²) in [7, 11) is 1.80. The third-order valence-corrected chi connectivity index (χ3v) is 4.59. The van der Waals surface area contributed by atoms with Gasteiger partial charge in [0, 0.05) is 33.9 Å². The largest absolute Gasteiger partial charge is 0.314 e. The number of benzene rings is 2. The van der Waals surface area contributed by atoms with Gasteiger partial charge in [0.2, 0.25) is 5.62 Å². The maximum atomic E-state index is 12.4. The van der Waals surface area contributed by atoms with Gasteiger partial charge >= 0.3 is 0 Å². The average Bonchev–Trinajstić information content (AvgIpc) is 2.84. The fourth-order valence-electron chi connectivity index (χ4n) is 2.52. The molecule has 3 rings (SSSR count). The van der Waals surface area contributed by atoms with Crippen LogP contribution in [0.15, 0.2) is 59.2 Å². The molecule has 4 nitrogen and oxygen atoms in total. The summed E-state index contributed by atoms with van der Waals surface area (Å²) < 4.78 is 4.30. The first-order valence-electron chi connectivity index (χ1n) is 7.31. The number of imidazole rings is 1. The minimum absolute atomic E-state index is 0.0377. The van der Waals surface area contributed by atoms with Gasteiger partial charge in [0.1, 0.15) is 0 Å². The van der Waals surface area contributed by atoms with E-state index in [1.54, 1.807) is 34.4 Å². The molecule has 0 spiro atoms. The summed E-state index contributed by atoms with van der Waals surface area (Å²) in [6.07, 6.45) is 1.81. The second-order valence-electron chi connectivity index (χ2n) is 5.47. The minimum Gasteiger partial charge on any atom is -0.314 e. The predicted molar refractivity (Wildman–Crippen MR) is 98.2 cm³/mol. The van der Waals surface area contributed by atoms with E-state index >= 15 is 0 Å². The van der Waals surface area contributed by atoms with Gasteiger partial charge in [-0.2, -0.15) is 0 Å². The Morgan fingerprint density at radius 3 is 2.58 bits per heavy atom. The lowest BCUT2D eigenvalue weighted by Gasteiger charge is -2.02. The van der Waals surface area contributed by atoms with Crippen LogP contribution >= 0.6 is 27.5 Å². The molecule has 1 N–H and O–H groups in total. The molecule has 0 aliphatic carbocycles. The third kappa shape index (κ3) is 3.37. The molecular formula is C18H15BrClN3O. The molecular weight excluding hydrogens is 390 g/mol. The van der Waals surface area contributed by atoms with Crippen molar-refractivity contribution in [2.45, 2.75) is 6.54 Å². The molecule has 6 heteroatoms. The third-order valence-electron chi connectivity index (χ3n) is 3.83. The van der Waals surface area contributed by atoms with Gasteiger partial charge in [-0.3, -0.25) is 10.2 Å². The number of nitrogens with one attached hydrogen (secondary N) is 1. The summed E-state index contributed by atoms with van der Waals surface area (Å²) >= 11 is 9.41. The molecule has 0 radical (unpaired) electrons. The predicted octanol–water partition coefficient (Wildman–Crippen LogP) is 4.27. The lowest BCUT2D eigenvalue weighted by Crippen LogP contribution is -2.25. The van der Waals surface area contributed by atoms with Crippen molar-refractivity contribution in [3.05, 3.63) is 75.4 Å². The Labute approximate surface area is 153 Å². The molecule has 0 saturated heterocycles. The van der Waals surface area contributed by atoms with Crippen molar-refractivity contribution in [2.24, 2.45) is 7.05 Å². The number of aromatic nitrogens is 2. The smallest absolute Gasteiger partial charge is 0.202 e. The molecule has 2 aromatic carbocycles. The van der Waals surface area contributed by atoms with E-state index < -0.39 is 0 Å². The Morgan fingerprint density at radius 2 is 1.92 bits per heavy atom. The van der Waals surface area contributed by atoms with Crippen LogP contribution in [-0.4, -0.2) is 14.9 Å². The van der Waals surface area contributed by atoms with Crippen molar-refractivity contribution >= 4 is 33.3 Å². The second kappa shape index (κ2) is 6.79. The number of rotatable bonds is 4. The molecule has 0 aliphatic heterocycles. The van der Waals surface area contributed by atoms with Crippen LogP contribution in [0.5, 0.6) is 0 Å². The molecule has 1 aromatic heterocycles. The summed E-state index contributed by atoms with van der Waals surface area (Å²) in [6.45, 7) is 0.120. The van der Waals surface area contributed by atoms with Gasteiger partial charge in [0.05, 0.1) is 12.2 Å². The molecule has 0 aliphatic rings. The quantitative estimate of drug-likeness (QED) is 0.649. The normalized spacial score (nSPS) is 10.8. The van der Waals surface area contributed by atoms with E-state index in [4.69, 9.17) is 17.0 Å². The Morgan fingerprint density at radius 1 is 1.21 bits per heavy atom. The van der Waals surface area contributed by atoms with E-state index in [9.17, 15) is 4.79 Å². The van der Waals surface area contributed by atoms with E-state index in [1.807, 2.05) is 36.5 Å². The fraction of sp³-hybridized carbons (Fsp3) is 0.111. The molecule has 1 heterocycles. The zero-order valence-electron chi connectivity index (χ0n) is 13.0. The van der Waals surface area contributed by atoms with Crippen molar-refractivity contribution in [3.63, 3.8) is 0 Å². The molecule has 0 amide bonds. The zero-order chi connectivity index (χ0) is 17.3. The van der Waals surface area contributed by atoms with Gasteiger partial charge in [-0.15, -0.1) is 0 Å². The average molecular weight is 405 g/mol. The Hall–Kier alpha value is -2.11. The highest BCUT2D eigenvalue weighted by molar-refractivity contribution is 9.10. The molecule has 0 bridgehead atoms. The topological polar surface area (TPSA) is 50.8 Å². The highest BCUT2D eigenvalue weighted by Gasteiger charge is 2.12. The summed E-state index contributed by atoms with van der Waals surface area (Å²) in [5.41, 5.74) is 2.63. The zero-order valence-corrected chi connectivity index (χ0v) is 15.3. The lowest BCUT2D eigenvalue weighted by molar-refractivity contribution is 0.0970. The van der Waals surface area contributed by atoms with Crippen molar-refractivity contribution in [1.29, 1.82) is 5.41 Å². The van der Waals surface area contributed by atoms with Crippen molar-refractivity contribution in [3.8, 4) is 11.3 Å². The van der Waals surface area contributed by atoms with E-state index in [0.717, 1.165) is 15.7 Å². The number of Topliss-reactive ketones (excluding diaryl/α,β-unsaturated/α-hetero) is 1. The van der Waals surface area contributed by atoms with Gasteiger partial charge in [-0.25, -0.2) is 0 Å². The maximum absolute atomic E-state index is 12.4.